The molecule has 0 saturated heterocycles. The maximum atomic E-state index is 6.11. The van der Waals surface area contributed by atoms with Crippen LogP contribution in [0.4, 0.5) is 0 Å². The van der Waals surface area contributed by atoms with Crippen LogP contribution in [0.2, 0.25) is 0 Å². The van der Waals surface area contributed by atoms with Gasteiger partial charge >= 0.3 is 0 Å². The van der Waals surface area contributed by atoms with Crippen molar-refractivity contribution in [1.82, 2.24) is 0 Å². The minimum absolute atomic E-state index is 0.380. The second kappa shape index (κ2) is 20.7. The molecule has 0 amide bonds. The second-order valence-corrected chi connectivity index (χ2v) is 14.7. The van der Waals surface area contributed by atoms with Gasteiger partial charge in [0.05, 0.1) is 79.3 Å². The van der Waals surface area contributed by atoms with E-state index in [4.69, 9.17) is 47.4 Å². The first-order valence-corrected chi connectivity index (χ1v) is 21.2. The molecule has 0 aromatic heterocycles. The number of benzene rings is 7. The van der Waals surface area contributed by atoms with Gasteiger partial charge in [0.2, 0.25) is 0 Å². The van der Waals surface area contributed by atoms with E-state index in [2.05, 4.69) is 84.3 Å². The Morgan fingerprint density at radius 1 is 0.274 bits per heavy atom. The number of hydrogen-bond acceptors (Lipinski definition) is 10. The summed E-state index contributed by atoms with van der Waals surface area (Å²) in [4.78, 5) is 0. The highest BCUT2D eigenvalue weighted by Crippen LogP contribution is 2.42. The van der Waals surface area contributed by atoms with Crippen LogP contribution in [0.3, 0.4) is 0 Å². The molecule has 2 aliphatic heterocycles. The van der Waals surface area contributed by atoms with Gasteiger partial charge in [-0.2, -0.15) is 0 Å². The summed E-state index contributed by atoms with van der Waals surface area (Å²) >= 11 is 0. The molecule has 0 radical (unpaired) electrons. The van der Waals surface area contributed by atoms with Crippen molar-refractivity contribution in [2.24, 2.45) is 0 Å². The van der Waals surface area contributed by atoms with Gasteiger partial charge in [-0.1, -0.05) is 72.2 Å². The SMILES string of the molecule is C(#Cc1ccc2c3cccc4c(C#Cc5ccc6c(c5)OCCOCCOCCOCCO6)ccc(c5cccc1c52)c43)c1ccc2c(c1)OCCOCCOCCOCCO2. The summed E-state index contributed by atoms with van der Waals surface area (Å²) in [5.74, 6) is 16.3. The van der Waals surface area contributed by atoms with Gasteiger partial charge in [0.25, 0.3) is 0 Å². The Balaban J connectivity index is 1.00. The molecule has 10 nitrogen and oxygen atoms in total. The van der Waals surface area contributed by atoms with E-state index in [0.717, 1.165) is 33.0 Å². The summed E-state index contributed by atoms with van der Waals surface area (Å²) < 4.78 is 57.9. The summed E-state index contributed by atoms with van der Waals surface area (Å²) in [6, 6.07) is 33.2. The molecule has 7 aromatic carbocycles. The van der Waals surface area contributed by atoms with Crippen molar-refractivity contribution in [2.45, 2.75) is 0 Å². The molecule has 9 rings (SSSR count). The first-order chi connectivity index (χ1) is 30.8. The van der Waals surface area contributed by atoms with Crippen LogP contribution in [-0.2, 0) is 28.4 Å². The smallest absolute Gasteiger partial charge is 0.162 e. The lowest BCUT2D eigenvalue weighted by atomic mass is 9.87. The largest absolute Gasteiger partial charge is 0.487 e. The third-order valence-electron chi connectivity index (χ3n) is 10.7. The van der Waals surface area contributed by atoms with Crippen molar-refractivity contribution in [3.63, 3.8) is 0 Å². The molecule has 0 aliphatic carbocycles. The van der Waals surface area contributed by atoms with E-state index in [1.807, 2.05) is 36.4 Å². The zero-order valence-electron chi connectivity index (χ0n) is 34.6. The van der Waals surface area contributed by atoms with Crippen LogP contribution in [-0.4, -0.2) is 106 Å². The topological polar surface area (TPSA) is 92.3 Å². The van der Waals surface area contributed by atoms with E-state index in [0.29, 0.717) is 129 Å². The van der Waals surface area contributed by atoms with Crippen LogP contribution in [0, 0.1) is 23.7 Å². The molecule has 2 aliphatic rings. The monoisotopic (exact) mass is 832 g/mol. The first kappa shape index (κ1) is 41.3. The molecule has 0 unspecified atom stereocenters. The highest BCUT2D eigenvalue weighted by Gasteiger charge is 2.16. The molecule has 0 N–H and O–H groups in total. The van der Waals surface area contributed by atoms with Gasteiger partial charge in [-0.05, 0) is 91.6 Å². The van der Waals surface area contributed by atoms with Crippen LogP contribution in [0.1, 0.15) is 22.3 Å². The molecule has 62 heavy (non-hydrogen) atoms. The zero-order chi connectivity index (χ0) is 41.8. The standard InChI is InChI=1S/C52H48O10/c1-3-41-39(11-7-37-9-17-47-49(35-37)61-33-29-57-25-21-53-19-23-55-27-31-59-47)13-16-46-44-6-2-4-42-40(14-15-45(52(42)44)43(5-1)51(41)46)12-8-38-10-18-48-50(36-38)62-34-30-58-26-22-54-20-24-56-28-32-60-48/h1-6,9-10,13-18,35-36H,19-34H2. The lowest BCUT2D eigenvalue weighted by Crippen LogP contribution is -2.13. The Morgan fingerprint density at radius 2 is 0.597 bits per heavy atom. The van der Waals surface area contributed by atoms with E-state index < -0.39 is 0 Å². The maximum absolute atomic E-state index is 6.11. The fourth-order valence-corrected chi connectivity index (χ4v) is 7.77. The fourth-order valence-electron chi connectivity index (χ4n) is 7.77. The van der Waals surface area contributed by atoms with Gasteiger partial charge in [-0.25, -0.2) is 0 Å². The van der Waals surface area contributed by atoms with Crippen molar-refractivity contribution in [3.8, 4) is 46.7 Å². The average molecular weight is 833 g/mol. The van der Waals surface area contributed by atoms with Crippen molar-refractivity contribution < 1.29 is 47.4 Å². The average Bonchev–Trinajstić information content (AvgIpc) is 3.32. The fraction of sp³-hybridized carbons (Fsp3) is 0.308. The van der Waals surface area contributed by atoms with Gasteiger partial charge in [0.1, 0.15) is 26.4 Å². The van der Waals surface area contributed by atoms with Gasteiger partial charge in [-0.3, -0.25) is 0 Å². The van der Waals surface area contributed by atoms with Crippen molar-refractivity contribution in [3.05, 3.63) is 119 Å². The van der Waals surface area contributed by atoms with Crippen LogP contribution < -0.4 is 18.9 Å². The number of fused-ring (bicyclic) bond motifs is 4. The second-order valence-electron chi connectivity index (χ2n) is 14.7. The Kier molecular flexibility index (Phi) is 13.8. The molecule has 7 aromatic rings. The normalized spacial score (nSPS) is 16.5. The Morgan fingerprint density at radius 3 is 0.984 bits per heavy atom. The molecule has 0 spiro atoms. The Labute approximate surface area is 361 Å². The summed E-state index contributed by atoms with van der Waals surface area (Å²) in [6.45, 7) is 7.43. The predicted octanol–water partition coefficient (Wildman–Crippen LogP) is 8.18. The third kappa shape index (κ3) is 9.83. The molecule has 0 fully saturated rings. The highest BCUT2D eigenvalue weighted by atomic mass is 16.6. The molecule has 2 heterocycles. The summed E-state index contributed by atoms with van der Waals surface area (Å²) in [5, 5.41) is 9.29. The van der Waals surface area contributed by atoms with Crippen LogP contribution in [0.5, 0.6) is 23.0 Å². The molecule has 0 atom stereocenters. The van der Waals surface area contributed by atoms with Gasteiger partial charge in [0, 0.05) is 22.3 Å². The molecular formula is C52H48O10. The summed E-state index contributed by atoms with van der Waals surface area (Å²) in [6.07, 6.45) is 0. The molecule has 0 bridgehead atoms. The zero-order valence-corrected chi connectivity index (χ0v) is 34.6. The molecule has 10 heteroatoms. The first-order valence-electron chi connectivity index (χ1n) is 21.2. The summed E-state index contributed by atoms with van der Waals surface area (Å²) in [5.41, 5.74) is 3.54. The Bertz CT molecular complexity index is 2550. The van der Waals surface area contributed by atoms with E-state index in [1.165, 1.54) is 32.3 Å². The third-order valence-corrected chi connectivity index (χ3v) is 10.7. The molecule has 316 valence electrons. The van der Waals surface area contributed by atoms with Gasteiger partial charge < -0.3 is 47.4 Å². The van der Waals surface area contributed by atoms with Gasteiger partial charge in [-0.15, -0.1) is 0 Å². The minimum Gasteiger partial charge on any atom is -0.487 e. The minimum atomic E-state index is 0.380. The quantitative estimate of drug-likeness (QED) is 0.0847. The number of ether oxygens (including phenoxy) is 10. The van der Waals surface area contributed by atoms with Crippen LogP contribution in [0.15, 0.2) is 97.1 Å². The van der Waals surface area contributed by atoms with E-state index in [9.17, 15) is 0 Å². The van der Waals surface area contributed by atoms with Crippen molar-refractivity contribution in [2.75, 3.05) is 106 Å². The number of hydrogen-bond donors (Lipinski definition) is 0. The molecule has 0 saturated carbocycles. The van der Waals surface area contributed by atoms with Crippen molar-refractivity contribution >= 4 is 43.1 Å². The molecular weight excluding hydrogens is 785 g/mol. The van der Waals surface area contributed by atoms with Crippen LogP contribution in [0.25, 0.3) is 43.1 Å². The van der Waals surface area contributed by atoms with Crippen molar-refractivity contribution in [1.29, 1.82) is 0 Å². The lowest BCUT2D eigenvalue weighted by Gasteiger charge is -2.16. The Hall–Kier alpha value is -6.08. The van der Waals surface area contributed by atoms with Gasteiger partial charge in [0.15, 0.2) is 23.0 Å². The van der Waals surface area contributed by atoms with E-state index in [-0.39, 0.29) is 0 Å². The van der Waals surface area contributed by atoms with Crippen LogP contribution >= 0.6 is 0 Å². The van der Waals surface area contributed by atoms with E-state index in [1.54, 1.807) is 0 Å². The number of rotatable bonds is 0. The van der Waals surface area contributed by atoms with E-state index >= 15 is 0 Å². The summed E-state index contributed by atoms with van der Waals surface area (Å²) in [7, 11) is 0. The highest BCUT2D eigenvalue weighted by molar-refractivity contribution is 6.33. The maximum Gasteiger partial charge on any atom is 0.162 e. The predicted molar refractivity (Wildman–Crippen MR) is 239 cm³/mol. The lowest BCUT2D eigenvalue weighted by molar-refractivity contribution is 0.00708.